The molecule has 1 fully saturated rings. The zero-order valence-electron chi connectivity index (χ0n) is 24.7. The molecule has 5 rings (SSSR count). The van der Waals surface area contributed by atoms with E-state index in [0.29, 0.717) is 41.2 Å². The molecule has 0 spiro atoms. The monoisotopic (exact) mass is 565 g/mol. The Morgan fingerprint density at radius 3 is 2.10 bits per heavy atom. The molecule has 218 valence electrons. The summed E-state index contributed by atoms with van der Waals surface area (Å²) in [7, 11) is 1.34. The van der Waals surface area contributed by atoms with Crippen molar-refractivity contribution < 1.29 is 19.1 Å². The number of allylic oxidation sites excluding steroid dienone is 2. The van der Waals surface area contributed by atoms with Crippen molar-refractivity contribution in [3.05, 3.63) is 124 Å². The van der Waals surface area contributed by atoms with Crippen LogP contribution in [0.1, 0.15) is 55.7 Å². The number of anilines is 1. The van der Waals surface area contributed by atoms with Gasteiger partial charge in [0.25, 0.3) is 0 Å². The van der Waals surface area contributed by atoms with Crippen molar-refractivity contribution in [2.24, 2.45) is 0 Å². The molecule has 0 radical (unpaired) electrons. The highest BCUT2D eigenvalue weighted by Crippen LogP contribution is 2.41. The van der Waals surface area contributed by atoms with Gasteiger partial charge in [-0.05, 0) is 49.6 Å². The number of methoxy groups -OCH3 is 1. The summed E-state index contributed by atoms with van der Waals surface area (Å²) in [5, 5.41) is 3.21. The molecule has 3 N–H and O–H groups in total. The summed E-state index contributed by atoms with van der Waals surface area (Å²) in [5.74, 6) is -1.43. The Morgan fingerprint density at radius 1 is 0.929 bits per heavy atom. The number of dihydropyridines is 1. The highest BCUT2D eigenvalue weighted by Gasteiger charge is 2.43. The number of nitrogens with two attached hydrogens (primary N) is 1. The number of nitrogens with zero attached hydrogens (tertiary/aromatic N) is 1. The van der Waals surface area contributed by atoms with E-state index in [2.05, 4.69) is 58.7 Å². The number of esters is 2. The number of nitrogen functional groups attached to an aromatic ring is 1. The van der Waals surface area contributed by atoms with Gasteiger partial charge in [-0.15, -0.1) is 0 Å². The Kier molecular flexibility index (Phi) is 8.50. The van der Waals surface area contributed by atoms with Gasteiger partial charge in [0, 0.05) is 49.1 Å². The van der Waals surface area contributed by atoms with Gasteiger partial charge in [0.2, 0.25) is 0 Å². The van der Waals surface area contributed by atoms with E-state index in [1.807, 2.05) is 45.0 Å². The standard InChI is InChI=1S/C35H39N3O4/c1-23-30(33(39)41-4)32(27-16-11-17-28(36)20-27)31(24(2)37-23)34(40)42-35(3)18-19-38(22-35)21-29(25-12-7-5-8-13-25)26-14-9-6-10-15-26/h5-17,20,29,32,37H,18-19,21-22,36H2,1-4H3/t32-,35?/m0/s1. The van der Waals surface area contributed by atoms with Crippen molar-refractivity contribution in [2.45, 2.75) is 44.6 Å². The third-order valence-electron chi connectivity index (χ3n) is 8.33. The molecule has 2 aliphatic heterocycles. The lowest BCUT2D eigenvalue weighted by atomic mass is 9.80. The number of carbonyl (C=O) groups excluding carboxylic acids is 2. The van der Waals surface area contributed by atoms with Gasteiger partial charge in [-0.3, -0.25) is 4.90 Å². The van der Waals surface area contributed by atoms with E-state index in [1.54, 1.807) is 12.1 Å². The van der Waals surface area contributed by atoms with Crippen LogP contribution in [0.25, 0.3) is 0 Å². The average molecular weight is 566 g/mol. The Morgan fingerprint density at radius 2 is 1.52 bits per heavy atom. The highest BCUT2D eigenvalue weighted by molar-refractivity contribution is 6.00. The molecule has 1 unspecified atom stereocenters. The normalized spacial score (nSPS) is 20.9. The number of ether oxygens (including phenoxy) is 2. The number of rotatable bonds is 8. The Labute approximate surface area is 248 Å². The molecule has 0 bridgehead atoms. The lowest BCUT2D eigenvalue weighted by molar-refractivity contribution is -0.152. The number of likely N-dealkylation sites (tertiary alicyclic amines) is 1. The van der Waals surface area contributed by atoms with Gasteiger partial charge in [0.1, 0.15) is 5.60 Å². The van der Waals surface area contributed by atoms with Crippen molar-refractivity contribution in [1.82, 2.24) is 10.2 Å². The predicted octanol–water partition coefficient (Wildman–Crippen LogP) is 5.52. The second-order valence-corrected chi connectivity index (χ2v) is 11.5. The first-order valence-electron chi connectivity index (χ1n) is 14.4. The molecule has 0 amide bonds. The third kappa shape index (κ3) is 6.11. The lowest BCUT2D eigenvalue weighted by Crippen LogP contribution is -2.39. The summed E-state index contributed by atoms with van der Waals surface area (Å²) in [5.41, 5.74) is 11.2. The van der Waals surface area contributed by atoms with Crippen molar-refractivity contribution in [3.8, 4) is 0 Å². The molecule has 0 aromatic heterocycles. The summed E-state index contributed by atoms with van der Waals surface area (Å²) in [6, 6.07) is 28.3. The summed E-state index contributed by atoms with van der Waals surface area (Å²) in [6.45, 7) is 7.86. The van der Waals surface area contributed by atoms with Crippen LogP contribution in [0.2, 0.25) is 0 Å². The Bertz CT molecular complexity index is 1480. The van der Waals surface area contributed by atoms with Crippen LogP contribution in [0.4, 0.5) is 5.69 Å². The van der Waals surface area contributed by atoms with Gasteiger partial charge in [0.05, 0.1) is 24.2 Å². The quantitative estimate of drug-likeness (QED) is 0.275. The zero-order chi connectivity index (χ0) is 29.9. The van der Waals surface area contributed by atoms with Gasteiger partial charge in [0.15, 0.2) is 0 Å². The molecule has 3 aromatic carbocycles. The van der Waals surface area contributed by atoms with E-state index in [0.717, 1.165) is 18.7 Å². The van der Waals surface area contributed by atoms with Crippen molar-refractivity contribution in [2.75, 3.05) is 32.5 Å². The van der Waals surface area contributed by atoms with Crippen LogP contribution in [0, 0.1) is 0 Å². The molecule has 1 saturated heterocycles. The molecule has 3 aromatic rings. The van der Waals surface area contributed by atoms with E-state index in [1.165, 1.54) is 18.2 Å². The van der Waals surface area contributed by atoms with Gasteiger partial charge >= 0.3 is 11.9 Å². The minimum absolute atomic E-state index is 0.196. The van der Waals surface area contributed by atoms with Crippen molar-refractivity contribution >= 4 is 17.6 Å². The van der Waals surface area contributed by atoms with Crippen molar-refractivity contribution in [1.29, 1.82) is 0 Å². The van der Waals surface area contributed by atoms with E-state index in [4.69, 9.17) is 15.2 Å². The molecular weight excluding hydrogens is 526 g/mol. The first-order valence-corrected chi connectivity index (χ1v) is 14.4. The largest absolute Gasteiger partial charge is 0.466 e. The van der Waals surface area contributed by atoms with Crippen LogP contribution >= 0.6 is 0 Å². The molecule has 0 saturated carbocycles. The van der Waals surface area contributed by atoms with Crippen LogP contribution in [-0.4, -0.2) is 49.2 Å². The second-order valence-electron chi connectivity index (χ2n) is 11.5. The lowest BCUT2D eigenvalue weighted by Gasteiger charge is -2.33. The van der Waals surface area contributed by atoms with Crippen LogP contribution in [0.15, 0.2) is 107 Å². The molecule has 2 heterocycles. The first kappa shape index (κ1) is 29.1. The number of nitrogens with one attached hydrogen (secondary N) is 1. The summed E-state index contributed by atoms with van der Waals surface area (Å²) >= 11 is 0. The van der Waals surface area contributed by atoms with Gasteiger partial charge in [-0.25, -0.2) is 9.59 Å². The maximum absolute atomic E-state index is 14.0. The minimum atomic E-state index is -0.690. The van der Waals surface area contributed by atoms with Crippen LogP contribution in [-0.2, 0) is 19.1 Å². The zero-order valence-corrected chi connectivity index (χ0v) is 24.7. The fraction of sp³-hybridized carbons (Fsp3) is 0.314. The van der Waals surface area contributed by atoms with Crippen molar-refractivity contribution in [3.63, 3.8) is 0 Å². The fourth-order valence-electron chi connectivity index (χ4n) is 6.29. The van der Waals surface area contributed by atoms with E-state index in [-0.39, 0.29) is 5.92 Å². The topological polar surface area (TPSA) is 93.9 Å². The highest BCUT2D eigenvalue weighted by atomic mass is 16.6. The third-order valence-corrected chi connectivity index (χ3v) is 8.33. The molecule has 0 aliphatic carbocycles. The van der Waals surface area contributed by atoms with E-state index >= 15 is 0 Å². The number of hydrogen-bond donors (Lipinski definition) is 2. The Hall–Kier alpha value is -4.36. The van der Waals surface area contributed by atoms with E-state index in [9.17, 15) is 9.59 Å². The Balaban J connectivity index is 1.38. The predicted molar refractivity (Wildman–Crippen MR) is 164 cm³/mol. The SMILES string of the molecule is COC(=O)C1=C(C)NC(C)=C(C(=O)OC2(C)CCN(CC(c3ccccc3)c3ccccc3)C2)[C@H]1c1cccc(N)c1. The van der Waals surface area contributed by atoms with Gasteiger partial charge < -0.3 is 20.5 Å². The smallest absolute Gasteiger partial charge is 0.337 e. The number of hydrogen-bond acceptors (Lipinski definition) is 7. The molecule has 42 heavy (non-hydrogen) atoms. The summed E-state index contributed by atoms with van der Waals surface area (Å²) in [6.07, 6.45) is 0.705. The van der Waals surface area contributed by atoms with Gasteiger partial charge in [-0.2, -0.15) is 0 Å². The maximum Gasteiger partial charge on any atom is 0.337 e. The summed E-state index contributed by atoms with van der Waals surface area (Å²) in [4.78, 5) is 29.4. The van der Waals surface area contributed by atoms with Crippen LogP contribution in [0.3, 0.4) is 0 Å². The molecular formula is C35H39N3O4. The minimum Gasteiger partial charge on any atom is -0.466 e. The maximum atomic E-state index is 14.0. The van der Waals surface area contributed by atoms with Gasteiger partial charge in [-0.1, -0.05) is 72.8 Å². The fourth-order valence-corrected chi connectivity index (χ4v) is 6.29. The number of benzene rings is 3. The number of carbonyl (C=O) groups is 2. The average Bonchev–Trinajstić information content (AvgIpc) is 3.35. The van der Waals surface area contributed by atoms with Crippen LogP contribution in [0.5, 0.6) is 0 Å². The molecule has 7 heteroatoms. The second kappa shape index (κ2) is 12.2. The van der Waals surface area contributed by atoms with Crippen LogP contribution < -0.4 is 11.1 Å². The molecule has 2 atom stereocenters. The summed E-state index contributed by atoms with van der Waals surface area (Å²) < 4.78 is 11.5. The molecule has 2 aliphatic rings. The molecule has 7 nitrogen and oxygen atoms in total. The first-order chi connectivity index (χ1) is 20.2. The van der Waals surface area contributed by atoms with E-state index < -0.39 is 23.5 Å².